The third-order valence-electron chi connectivity index (χ3n) is 4.66. The monoisotopic (exact) mass is 410 g/mol. The summed E-state index contributed by atoms with van der Waals surface area (Å²) in [6.45, 7) is 3.97. The molecular formula is C21H16ClFN4O2. The standard InChI is InChI=1S/C21H16ClFN4O2/c1-12(2)13-7-4-6-10-17(13)26-19-18(20(28)27(22)21(26)29)24-11-16(25-19)14-8-3-5-9-15(14)23/h3-12H,1-2H3. The summed E-state index contributed by atoms with van der Waals surface area (Å²) < 4.78 is 16.0. The van der Waals surface area contributed by atoms with Crippen molar-refractivity contribution in [2.75, 3.05) is 0 Å². The Morgan fingerprint density at radius 2 is 1.72 bits per heavy atom. The molecule has 0 aliphatic carbocycles. The van der Waals surface area contributed by atoms with Gasteiger partial charge in [-0.1, -0.05) is 44.2 Å². The summed E-state index contributed by atoms with van der Waals surface area (Å²) in [5.41, 5.74) is 0.209. The van der Waals surface area contributed by atoms with Crippen LogP contribution in [0.1, 0.15) is 25.3 Å². The SMILES string of the molecule is CC(C)c1ccccc1-n1c(=O)n(Cl)c(=O)c2ncc(-c3ccccc3F)nc21. The van der Waals surface area contributed by atoms with Gasteiger partial charge in [-0.2, -0.15) is 4.09 Å². The molecular weight excluding hydrogens is 395 g/mol. The van der Waals surface area contributed by atoms with Crippen molar-refractivity contribution in [1.82, 2.24) is 18.6 Å². The molecule has 0 radical (unpaired) electrons. The molecule has 0 spiro atoms. The highest BCUT2D eigenvalue weighted by molar-refractivity contribution is 6.15. The first kappa shape index (κ1) is 19.0. The maximum absolute atomic E-state index is 14.3. The molecule has 0 amide bonds. The predicted molar refractivity (Wildman–Crippen MR) is 110 cm³/mol. The molecule has 0 aliphatic heterocycles. The van der Waals surface area contributed by atoms with Crippen LogP contribution in [0, 0.1) is 5.82 Å². The first-order valence-electron chi connectivity index (χ1n) is 8.95. The van der Waals surface area contributed by atoms with Crippen LogP contribution >= 0.6 is 11.8 Å². The molecule has 0 bridgehead atoms. The highest BCUT2D eigenvalue weighted by Crippen LogP contribution is 2.25. The van der Waals surface area contributed by atoms with Crippen molar-refractivity contribution >= 4 is 22.9 Å². The van der Waals surface area contributed by atoms with Gasteiger partial charge >= 0.3 is 5.69 Å². The summed E-state index contributed by atoms with van der Waals surface area (Å²) in [6, 6.07) is 13.4. The van der Waals surface area contributed by atoms with Crippen molar-refractivity contribution < 1.29 is 4.39 Å². The first-order chi connectivity index (χ1) is 13.9. The van der Waals surface area contributed by atoms with Crippen molar-refractivity contribution in [3.8, 4) is 16.9 Å². The zero-order valence-corrected chi connectivity index (χ0v) is 16.4. The second-order valence-corrected chi connectivity index (χ2v) is 7.16. The number of benzene rings is 2. The summed E-state index contributed by atoms with van der Waals surface area (Å²) in [6.07, 6.45) is 1.29. The molecule has 0 saturated heterocycles. The van der Waals surface area contributed by atoms with Crippen LogP contribution in [0.25, 0.3) is 28.1 Å². The van der Waals surface area contributed by atoms with Crippen LogP contribution in [0.15, 0.2) is 64.3 Å². The minimum absolute atomic E-state index is 0.0192. The lowest BCUT2D eigenvalue weighted by atomic mass is 10.0. The number of hydrogen-bond donors (Lipinski definition) is 0. The number of hydrogen-bond acceptors (Lipinski definition) is 4. The third-order valence-corrected chi connectivity index (χ3v) is 4.95. The van der Waals surface area contributed by atoms with Crippen molar-refractivity contribution in [3.63, 3.8) is 0 Å². The molecule has 4 aromatic rings. The van der Waals surface area contributed by atoms with Gasteiger partial charge in [-0.25, -0.2) is 23.7 Å². The highest BCUT2D eigenvalue weighted by Gasteiger charge is 2.20. The minimum atomic E-state index is -0.780. The largest absolute Gasteiger partial charge is 0.352 e. The van der Waals surface area contributed by atoms with Crippen LogP contribution in [0.5, 0.6) is 0 Å². The molecule has 8 heteroatoms. The van der Waals surface area contributed by atoms with E-state index in [0.717, 1.165) is 5.56 Å². The Hall–Kier alpha value is -3.32. The molecule has 0 fully saturated rings. The van der Waals surface area contributed by atoms with Crippen LogP contribution in [-0.2, 0) is 0 Å². The van der Waals surface area contributed by atoms with Gasteiger partial charge in [0, 0.05) is 17.3 Å². The Bertz CT molecular complexity index is 1360. The molecule has 2 aromatic heterocycles. The Morgan fingerprint density at radius 1 is 1.03 bits per heavy atom. The summed E-state index contributed by atoms with van der Waals surface area (Å²) >= 11 is 5.97. The van der Waals surface area contributed by atoms with E-state index in [9.17, 15) is 14.0 Å². The second kappa shape index (κ2) is 7.25. The van der Waals surface area contributed by atoms with Crippen LogP contribution in [-0.4, -0.2) is 18.6 Å². The predicted octanol–water partition coefficient (Wildman–Crippen LogP) is 3.87. The van der Waals surface area contributed by atoms with Gasteiger partial charge in [0.1, 0.15) is 5.82 Å². The van der Waals surface area contributed by atoms with Gasteiger partial charge in [0.25, 0.3) is 5.56 Å². The molecule has 2 heterocycles. The van der Waals surface area contributed by atoms with Crippen molar-refractivity contribution in [2.45, 2.75) is 19.8 Å². The smallest absolute Gasteiger partial charge is 0.265 e. The number of halogens is 2. The molecule has 29 heavy (non-hydrogen) atoms. The zero-order valence-electron chi connectivity index (χ0n) is 15.6. The lowest BCUT2D eigenvalue weighted by Crippen LogP contribution is -2.36. The summed E-state index contributed by atoms with van der Waals surface area (Å²) in [5.74, 6) is -0.394. The van der Waals surface area contributed by atoms with Crippen molar-refractivity contribution in [2.24, 2.45) is 0 Å². The molecule has 2 aromatic carbocycles. The third kappa shape index (κ3) is 3.13. The van der Waals surface area contributed by atoms with Crippen molar-refractivity contribution in [3.05, 3.63) is 86.9 Å². The maximum Gasteiger partial charge on any atom is 0.352 e. The van der Waals surface area contributed by atoms with E-state index in [-0.39, 0.29) is 28.3 Å². The van der Waals surface area contributed by atoms with Crippen LogP contribution in [0.4, 0.5) is 4.39 Å². The van der Waals surface area contributed by atoms with E-state index in [2.05, 4.69) is 9.97 Å². The van der Waals surface area contributed by atoms with Gasteiger partial charge in [0.2, 0.25) is 0 Å². The summed E-state index contributed by atoms with van der Waals surface area (Å²) in [7, 11) is 0. The number of nitrogens with zero attached hydrogens (tertiary/aromatic N) is 4. The van der Waals surface area contributed by atoms with Gasteiger partial charge in [-0.15, -0.1) is 0 Å². The Balaban J connectivity index is 2.14. The summed E-state index contributed by atoms with van der Waals surface area (Å²) in [4.78, 5) is 34.0. The molecule has 146 valence electrons. The second-order valence-electron chi connectivity index (χ2n) is 6.82. The van der Waals surface area contributed by atoms with E-state index in [1.807, 2.05) is 26.0 Å². The average Bonchev–Trinajstić information content (AvgIpc) is 2.72. The van der Waals surface area contributed by atoms with Crippen LogP contribution in [0.3, 0.4) is 0 Å². The molecule has 0 unspecified atom stereocenters. The fraction of sp³-hybridized carbons (Fsp3) is 0.143. The molecule has 4 rings (SSSR count). The lowest BCUT2D eigenvalue weighted by Gasteiger charge is -2.16. The first-order valence-corrected chi connectivity index (χ1v) is 9.29. The van der Waals surface area contributed by atoms with E-state index < -0.39 is 17.1 Å². The topological polar surface area (TPSA) is 69.8 Å². The molecule has 0 aliphatic rings. The van der Waals surface area contributed by atoms with E-state index >= 15 is 0 Å². The van der Waals surface area contributed by atoms with Gasteiger partial charge in [-0.05, 0) is 29.7 Å². The Morgan fingerprint density at radius 3 is 2.45 bits per heavy atom. The fourth-order valence-corrected chi connectivity index (χ4v) is 3.40. The number of rotatable bonds is 3. The van der Waals surface area contributed by atoms with Gasteiger partial charge in [0.05, 0.1) is 17.6 Å². The molecule has 0 N–H and O–H groups in total. The van der Waals surface area contributed by atoms with Gasteiger partial charge in [-0.3, -0.25) is 4.79 Å². The zero-order chi connectivity index (χ0) is 20.7. The Labute approximate surface area is 170 Å². The van der Waals surface area contributed by atoms with Gasteiger partial charge in [0.15, 0.2) is 11.2 Å². The van der Waals surface area contributed by atoms with Crippen molar-refractivity contribution in [1.29, 1.82) is 0 Å². The van der Waals surface area contributed by atoms with E-state index in [1.54, 1.807) is 30.3 Å². The fourth-order valence-electron chi connectivity index (χ4n) is 3.24. The Kier molecular flexibility index (Phi) is 4.76. The minimum Gasteiger partial charge on any atom is -0.265 e. The number of aromatic nitrogens is 4. The molecule has 0 saturated carbocycles. The highest BCUT2D eigenvalue weighted by atomic mass is 35.5. The summed E-state index contributed by atoms with van der Waals surface area (Å²) in [5, 5.41) is 0. The quantitative estimate of drug-likeness (QED) is 0.514. The van der Waals surface area contributed by atoms with E-state index in [1.165, 1.54) is 16.8 Å². The average molecular weight is 411 g/mol. The maximum atomic E-state index is 14.3. The lowest BCUT2D eigenvalue weighted by molar-refractivity contribution is 0.630. The normalized spacial score (nSPS) is 11.3. The van der Waals surface area contributed by atoms with E-state index in [4.69, 9.17) is 11.8 Å². The number of fused-ring (bicyclic) bond motifs is 1. The number of para-hydroxylation sites is 1. The van der Waals surface area contributed by atoms with Gasteiger partial charge < -0.3 is 0 Å². The van der Waals surface area contributed by atoms with E-state index in [0.29, 0.717) is 9.77 Å². The molecule has 0 atom stereocenters. The molecule has 6 nitrogen and oxygen atoms in total. The van der Waals surface area contributed by atoms with Crippen LogP contribution in [0.2, 0.25) is 0 Å². The van der Waals surface area contributed by atoms with Crippen LogP contribution < -0.4 is 11.2 Å².